The SMILES string of the molecule is Cc1cc(NC(=O)N2CCc3ncsc3C2)sn1. The molecule has 0 saturated carbocycles. The van der Waals surface area contributed by atoms with Crippen molar-refractivity contribution in [1.29, 1.82) is 0 Å². The molecule has 3 heterocycles. The zero-order valence-corrected chi connectivity index (χ0v) is 11.5. The summed E-state index contributed by atoms with van der Waals surface area (Å²) in [6.45, 7) is 3.29. The fourth-order valence-electron chi connectivity index (χ4n) is 1.90. The number of urea groups is 1. The molecule has 1 aliphatic heterocycles. The van der Waals surface area contributed by atoms with Crippen LogP contribution >= 0.6 is 22.9 Å². The lowest BCUT2D eigenvalue weighted by Crippen LogP contribution is -2.38. The number of thiazole rings is 1. The van der Waals surface area contributed by atoms with E-state index < -0.39 is 0 Å². The third kappa shape index (κ3) is 2.23. The predicted octanol–water partition coefficient (Wildman–Crippen LogP) is 2.50. The average molecular weight is 280 g/mol. The van der Waals surface area contributed by atoms with Crippen LogP contribution in [0.25, 0.3) is 0 Å². The van der Waals surface area contributed by atoms with Crippen LogP contribution in [0.4, 0.5) is 9.80 Å². The maximum atomic E-state index is 12.1. The Labute approximate surface area is 113 Å². The molecule has 0 saturated heterocycles. The normalized spacial score (nSPS) is 14.4. The van der Waals surface area contributed by atoms with Gasteiger partial charge >= 0.3 is 6.03 Å². The summed E-state index contributed by atoms with van der Waals surface area (Å²) < 4.78 is 4.14. The lowest BCUT2D eigenvalue weighted by Gasteiger charge is -2.25. The number of hydrogen-bond donors (Lipinski definition) is 1. The highest BCUT2D eigenvalue weighted by molar-refractivity contribution is 7.10. The second-order valence-electron chi connectivity index (χ2n) is 4.16. The molecule has 0 fully saturated rings. The lowest BCUT2D eigenvalue weighted by molar-refractivity contribution is 0.207. The first-order valence-electron chi connectivity index (χ1n) is 5.63. The van der Waals surface area contributed by atoms with E-state index in [-0.39, 0.29) is 6.03 Å². The summed E-state index contributed by atoms with van der Waals surface area (Å²) in [6, 6.07) is 1.82. The lowest BCUT2D eigenvalue weighted by atomic mass is 10.2. The number of carbonyl (C=O) groups excluding carboxylic acids is 1. The van der Waals surface area contributed by atoms with E-state index in [1.807, 2.05) is 23.4 Å². The van der Waals surface area contributed by atoms with E-state index in [0.29, 0.717) is 6.54 Å². The molecule has 2 aromatic rings. The predicted molar refractivity (Wildman–Crippen MR) is 72.1 cm³/mol. The van der Waals surface area contributed by atoms with Gasteiger partial charge in [0.25, 0.3) is 0 Å². The monoisotopic (exact) mass is 280 g/mol. The largest absolute Gasteiger partial charge is 0.322 e. The molecular weight excluding hydrogens is 268 g/mol. The third-order valence-electron chi connectivity index (χ3n) is 2.82. The van der Waals surface area contributed by atoms with Crippen molar-refractivity contribution in [3.8, 4) is 0 Å². The van der Waals surface area contributed by atoms with Crippen LogP contribution in [0, 0.1) is 6.92 Å². The summed E-state index contributed by atoms with van der Waals surface area (Å²) in [5.74, 6) is 0. The molecule has 18 heavy (non-hydrogen) atoms. The number of hydrogen-bond acceptors (Lipinski definition) is 5. The number of carbonyl (C=O) groups is 1. The van der Waals surface area contributed by atoms with Gasteiger partial charge in [-0.15, -0.1) is 11.3 Å². The van der Waals surface area contributed by atoms with Crippen LogP contribution in [0.15, 0.2) is 11.6 Å². The van der Waals surface area contributed by atoms with E-state index in [4.69, 9.17) is 0 Å². The van der Waals surface area contributed by atoms with Crippen LogP contribution < -0.4 is 5.32 Å². The Morgan fingerprint density at radius 2 is 2.44 bits per heavy atom. The van der Waals surface area contributed by atoms with Gasteiger partial charge in [-0.1, -0.05) is 0 Å². The molecule has 0 aromatic carbocycles. The molecule has 3 rings (SSSR count). The van der Waals surface area contributed by atoms with Crippen molar-refractivity contribution in [1.82, 2.24) is 14.3 Å². The van der Waals surface area contributed by atoms with E-state index in [1.54, 1.807) is 11.3 Å². The van der Waals surface area contributed by atoms with Crippen LogP contribution in [-0.4, -0.2) is 26.8 Å². The highest BCUT2D eigenvalue weighted by Crippen LogP contribution is 2.23. The number of rotatable bonds is 1. The van der Waals surface area contributed by atoms with Gasteiger partial charge in [-0.3, -0.25) is 5.32 Å². The highest BCUT2D eigenvalue weighted by Gasteiger charge is 2.22. The van der Waals surface area contributed by atoms with Gasteiger partial charge in [0, 0.05) is 17.8 Å². The Kier molecular flexibility index (Phi) is 3.00. The van der Waals surface area contributed by atoms with E-state index in [1.165, 1.54) is 16.4 Å². The molecule has 0 atom stereocenters. The van der Waals surface area contributed by atoms with Crippen molar-refractivity contribution >= 4 is 33.9 Å². The topological polar surface area (TPSA) is 58.1 Å². The van der Waals surface area contributed by atoms with Gasteiger partial charge in [0.1, 0.15) is 5.00 Å². The summed E-state index contributed by atoms with van der Waals surface area (Å²) in [5, 5.41) is 3.68. The van der Waals surface area contributed by atoms with E-state index in [9.17, 15) is 4.79 Å². The maximum Gasteiger partial charge on any atom is 0.322 e. The summed E-state index contributed by atoms with van der Waals surface area (Å²) in [4.78, 5) is 19.4. The van der Waals surface area contributed by atoms with Gasteiger partial charge in [0.15, 0.2) is 0 Å². The molecule has 7 heteroatoms. The van der Waals surface area contributed by atoms with Gasteiger partial charge in [-0.05, 0) is 24.5 Å². The highest BCUT2D eigenvalue weighted by atomic mass is 32.1. The number of amides is 2. The van der Waals surface area contributed by atoms with E-state index in [0.717, 1.165) is 29.4 Å². The van der Waals surface area contributed by atoms with Crippen LogP contribution in [0.1, 0.15) is 16.3 Å². The van der Waals surface area contributed by atoms with Crippen molar-refractivity contribution < 1.29 is 4.79 Å². The number of anilines is 1. The van der Waals surface area contributed by atoms with E-state index in [2.05, 4.69) is 14.7 Å². The third-order valence-corrected chi connectivity index (χ3v) is 4.48. The Balaban J connectivity index is 1.67. The first-order valence-corrected chi connectivity index (χ1v) is 7.28. The zero-order valence-electron chi connectivity index (χ0n) is 9.84. The molecule has 0 aliphatic carbocycles. The standard InChI is InChI=1S/C11H12N4OS2/c1-7-4-10(18-14-7)13-11(16)15-3-2-8-9(5-15)17-6-12-8/h4,6H,2-3,5H2,1H3,(H,13,16). The molecule has 2 amide bonds. The van der Waals surface area contributed by atoms with Crippen LogP contribution in [0.5, 0.6) is 0 Å². The number of aromatic nitrogens is 2. The molecule has 0 spiro atoms. The molecule has 0 radical (unpaired) electrons. The quantitative estimate of drug-likeness (QED) is 0.873. The summed E-state index contributed by atoms with van der Waals surface area (Å²) in [5.41, 5.74) is 3.91. The summed E-state index contributed by atoms with van der Waals surface area (Å²) in [6.07, 6.45) is 0.841. The average Bonchev–Trinajstić information content (AvgIpc) is 2.96. The van der Waals surface area contributed by atoms with Crippen molar-refractivity contribution in [2.24, 2.45) is 0 Å². The summed E-state index contributed by atoms with van der Waals surface area (Å²) >= 11 is 2.93. The molecule has 1 N–H and O–H groups in total. The Morgan fingerprint density at radius 1 is 1.56 bits per heavy atom. The summed E-state index contributed by atoms with van der Waals surface area (Å²) in [7, 11) is 0. The van der Waals surface area contributed by atoms with Crippen molar-refractivity contribution in [3.05, 3.63) is 27.8 Å². The van der Waals surface area contributed by atoms with Gasteiger partial charge in [0.05, 0.1) is 23.4 Å². The molecule has 0 unspecified atom stereocenters. The molecule has 0 bridgehead atoms. The fourth-order valence-corrected chi connectivity index (χ4v) is 3.38. The Hall–Kier alpha value is -1.47. The molecule has 1 aliphatic rings. The van der Waals surface area contributed by atoms with Gasteiger partial charge in [-0.2, -0.15) is 4.37 Å². The van der Waals surface area contributed by atoms with Crippen molar-refractivity contribution in [3.63, 3.8) is 0 Å². The zero-order chi connectivity index (χ0) is 12.5. The Bertz CT molecular complexity index is 577. The molecular formula is C11H12N4OS2. The van der Waals surface area contributed by atoms with Gasteiger partial charge < -0.3 is 4.90 Å². The number of aryl methyl sites for hydroxylation is 1. The molecule has 5 nitrogen and oxygen atoms in total. The minimum atomic E-state index is -0.0577. The minimum absolute atomic E-state index is 0.0577. The number of nitrogens with zero attached hydrogens (tertiary/aromatic N) is 3. The van der Waals surface area contributed by atoms with Crippen molar-refractivity contribution in [2.45, 2.75) is 19.9 Å². The fraction of sp³-hybridized carbons (Fsp3) is 0.364. The van der Waals surface area contributed by atoms with Crippen LogP contribution in [0.2, 0.25) is 0 Å². The second-order valence-corrected chi connectivity index (χ2v) is 5.90. The first kappa shape index (κ1) is 11.6. The van der Waals surface area contributed by atoms with E-state index >= 15 is 0 Å². The molecule has 2 aromatic heterocycles. The second kappa shape index (κ2) is 4.66. The Morgan fingerprint density at radius 3 is 3.22 bits per heavy atom. The maximum absolute atomic E-state index is 12.1. The first-order chi connectivity index (χ1) is 8.72. The van der Waals surface area contributed by atoms with Crippen molar-refractivity contribution in [2.75, 3.05) is 11.9 Å². The van der Waals surface area contributed by atoms with Gasteiger partial charge in [-0.25, -0.2) is 9.78 Å². The van der Waals surface area contributed by atoms with Gasteiger partial charge in [0.2, 0.25) is 0 Å². The number of nitrogens with one attached hydrogen (secondary N) is 1. The smallest absolute Gasteiger partial charge is 0.319 e. The molecule has 94 valence electrons. The minimum Gasteiger partial charge on any atom is -0.319 e. The van der Waals surface area contributed by atoms with Crippen LogP contribution in [0.3, 0.4) is 0 Å². The number of fused-ring (bicyclic) bond motifs is 1. The van der Waals surface area contributed by atoms with Crippen LogP contribution in [-0.2, 0) is 13.0 Å².